The summed E-state index contributed by atoms with van der Waals surface area (Å²) >= 11 is 0. The van der Waals surface area contributed by atoms with Crippen LogP contribution in [0.3, 0.4) is 0 Å². The van der Waals surface area contributed by atoms with Crippen molar-refractivity contribution in [2.75, 3.05) is 39.5 Å². The van der Waals surface area contributed by atoms with Crippen molar-refractivity contribution in [3.8, 4) is 0 Å². The molecule has 14 atom stereocenters. The first kappa shape index (κ1) is 41.7. The summed E-state index contributed by atoms with van der Waals surface area (Å²) in [5, 5.41) is 15.5. The van der Waals surface area contributed by atoms with Crippen LogP contribution >= 0.6 is 0 Å². The molecule has 55 heavy (non-hydrogen) atoms. The maximum absolute atomic E-state index is 12.2. The van der Waals surface area contributed by atoms with Crippen molar-refractivity contribution in [2.24, 2.45) is 79.9 Å². The third-order valence-electron chi connectivity index (χ3n) is 18.3. The highest BCUT2D eigenvalue weighted by molar-refractivity contribution is 5.66. The van der Waals surface area contributed by atoms with E-state index in [-0.39, 0.29) is 51.7 Å². The third kappa shape index (κ3) is 6.79. The minimum absolute atomic E-state index is 0.00467. The fourth-order valence-corrected chi connectivity index (χ4v) is 14.8. The number of aliphatic hydroxyl groups excluding tert-OH is 1. The van der Waals surface area contributed by atoms with E-state index in [9.17, 15) is 9.90 Å². The van der Waals surface area contributed by atoms with Crippen LogP contribution in [0.4, 0.5) is 0 Å². The molecule has 0 aromatic rings. The zero-order chi connectivity index (χ0) is 39.4. The highest BCUT2D eigenvalue weighted by Gasteiger charge is 2.68. The van der Waals surface area contributed by atoms with Crippen molar-refractivity contribution in [2.45, 2.75) is 162 Å². The van der Waals surface area contributed by atoms with E-state index < -0.39 is 11.6 Å². The lowest BCUT2D eigenvalue weighted by atomic mass is 9.51. The number of aliphatic hydroxyl groups is 1. The van der Waals surface area contributed by atoms with E-state index in [0.29, 0.717) is 62.6 Å². The Morgan fingerprint density at radius 1 is 0.727 bits per heavy atom. The number of hydrogen-bond donors (Lipinski definition) is 2. The van der Waals surface area contributed by atoms with Crippen molar-refractivity contribution in [3.05, 3.63) is 10.4 Å². The SMILES string of the molecule is CC(=O)O[C@H]1C2CCC3(OCCO3)[C@@]2(C)CCC1[C@@]1(C)CC[C@H](C)C[C@@H]1CN=[N+]=[N-].C[C@H]1CC[C@](C)(C2CC[C@@]3(C)C(CCC34OCCO4)[C@@H]2O)[C@@H](CN)C1. The van der Waals surface area contributed by atoms with Crippen LogP contribution in [-0.2, 0) is 28.5 Å². The minimum atomic E-state index is -0.520. The second-order valence-corrected chi connectivity index (χ2v) is 20.7. The van der Waals surface area contributed by atoms with Gasteiger partial charge in [0.2, 0.25) is 0 Å². The molecular weight excluding hydrogens is 697 g/mol. The Labute approximate surface area is 330 Å². The van der Waals surface area contributed by atoms with Crippen LogP contribution in [0.15, 0.2) is 5.11 Å². The minimum Gasteiger partial charge on any atom is -0.462 e. The van der Waals surface area contributed by atoms with Crippen LogP contribution < -0.4 is 5.73 Å². The Balaban J connectivity index is 0.000000172. The van der Waals surface area contributed by atoms with Gasteiger partial charge in [-0.05, 0) is 123 Å². The molecule has 2 spiro atoms. The van der Waals surface area contributed by atoms with Gasteiger partial charge in [0.1, 0.15) is 6.10 Å². The number of carbonyl (C=O) groups is 1. The number of nitrogens with zero attached hydrogens (tertiary/aromatic N) is 3. The van der Waals surface area contributed by atoms with Gasteiger partial charge in [-0.25, -0.2) is 0 Å². The Hall–Kier alpha value is -1.46. The molecule has 8 rings (SSSR count). The van der Waals surface area contributed by atoms with Crippen LogP contribution in [0.5, 0.6) is 0 Å². The van der Waals surface area contributed by atoms with Crippen molar-refractivity contribution < 1.29 is 33.6 Å². The van der Waals surface area contributed by atoms with Gasteiger partial charge in [0, 0.05) is 53.9 Å². The quantitative estimate of drug-likeness (QED) is 0.118. The normalized spacial score (nSPS) is 48.4. The molecule has 0 bridgehead atoms. The molecule has 11 nitrogen and oxygen atoms in total. The first-order valence-corrected chi connectivity index (χ1v) is 22.2. The Kier molecular flexibility index (Phi) is 11.8. The van der Waals surface area contributed by atoms with Gasteiger partial charge < -0.3 is 34.5 Å². The summed E-state index contributed by atoms with van der Waals surface area (Å²) in [5.41, 5.74) is 15.1. The molecule has 0 aromatic carbocycles. The van der Waals surface area contributed by atoms with Gasteiger partial charge in [-0.2, -0.15) is 0 Å². The predicted octanol–water partition coefficient (Wildman–Crippen LogP) is 8.56. The fraction of sp³-hybridized carbons (Fsp3) is 0.977. The lowest BCUT2D eigenvalue weighted by Crippen LogP contribution is -2.58. The first-order valence-electron chi connectivity index (χ1n) is 22.2. The van der Waals surface area contributed by atoms with Gasteiger partial charge in [-0.15, -0.1) is 0 Å². The summed E-state index contributed by atoms with van der Waals surface area (Å²) in [7, 11) is 0. The molecule has 8 fully saturated rings. The number of ether oxygens (including phenoxy) is 5. The summed E-state index contributed by atoms with van der Waals surface area (Å²) in [6, 6.07) is 0. The van der Waals surface area contributed by atoms with Gasteiger partial charge >= 0.3 is 5.97 Å². The molecule has 2 saturated heterocycles. The largest absolute Gasteiger partial charge is 0.462 e. The average molecular weight is 771 g/mol. The molecule has 0 aromatic heterocycles. The first-order chi connectivity index (χ1) is 26.1. The molecule has 4 unspecified atom stereocenters. The second-order valence-electron chi connectivity index (χ2n) is 20.7. The van der Waals surface area contributed by atoms with Crippen molar-refractivity contribution in [1.29, 1.82) is 0 Å². The molecule has 6 aliphatic carbocycles. The molecule has 0 amide bonds. The van der Waals surface area contributed by atoms with E-state index in [4.69, 9.17) is 34.9 Å². The number of rotatable bonds is 6. The Morgan fingerprint density at radius 2 is 1.20 bits per heavy atom. The standard InChI is InChI=1S/C23H37N3O4.C21H37NO3/c1-15-5-8-21(3,17(13-15)14-25-26-24)18-6-9-22(4)19(20(18)30-16(2)27)7-10-23(22)28-11-12-29-23;1-14-4-7-19(2,15(12-14)13-22)16-5-8-20(3)17(18(16)23)6-9-21(20)24-10-11-25-21/h15,17-20H,5-14H2,1-4H3;14-18,23H,4-13,22H2,1-3H3/t15-,17+,18?,19?,20+,21-,22-;14-,15+,16?,17?,18+,19-,20-/m00/s1. The van der Waals surface area contributed by atoms with Crippen LogP contribution in [0, 0.1) is 69.0 Å². The topological polar surface area (TPSA) is 158 Å². The summed E-state index contributed by atoms with van der Waals surface area (Å²) < 4.78 is 30.8. The monoisotopic (exact) mass is 771 g/mol. The molecule has 2 heterocycles. The molecule has 0 radical (unpaired) electrons. The average Bonchev–Trinajstić information content (AvgIpc) is 3.95. The number of nitrogens with two attached hydrogens (primary N) is 1. The zero-order valence-corrected chi connectivity index (χ0v) is 35.2. The van der Waals surface area contributed by atoms with Crippen LogP contribution in [0.2, 0.25) is 0 Å². The molecule has 312 valence electrons. The molecule has 6 saturated carbocycles. The zero-order valence-electron chi connectivity index (χ0n) is 35.2. The van der Waals surface area contributed by atoms with E-state index in [1.807, 2.05) is 0 Å². The summed E-state index contributed by atoms with van der Waals surface area (Å²) in [4.78, 5) is 15.3. The van der Waals surface area contributed by atoms with Crippen LogP contribution in [0.1, 0.15) is 138 Å². The Morgan fingerprint density at radius 3 is 1.73 bits per heavy atom. The maximum atomic E-state index is 12.2. The molecule has 2 aliphatic heterocycles. The second kappa shape index (κ2) is 15.6. The third-order valence-corrected chi connectivity index (χ3v) is 18.3. The molecule has 8 aliphatic rings. The summed E-state index contributed by atoms with van der Waals surface area (Å²) in [6.45, 7) is 19.5. The highest BCUT2D eigenvalue weighted by Crippen LogP contribution is 2.67. The smallest absolute Gasteiger partial charge is 0.302 e. The number of fused-ring (bicyclic) bond motifs is 4. The number of azide groups is 1. The van der Waals surface area contributed by atoms with Gasteiger partial charge in [-0.3, -0.25) is 4.79 Å². The summed E-state index contributed by atoms with van der Waals surface area (Å²) in [5.74, 6) is 2.25. The number of hydrogen-bond acceptors (Lipinski definition) is 9. The fourth-order valence-electron chi connectivity index (χ4n) is 14.8. The number of esters is 1. The van der Waals surface area contributed by atoms with Crippen molar-refractivity contribution in [1.82, 2.24) is 0 Å². The van der Waals surface area contributed by atoms with Crippen LogP contribution in [-0.4, -0.2) is 74.4 Å². The maximum Gasteiger partial charge on any atom is 0.302 e. The Bertz CT molecular complexity index is 1430. The highest BCUT2D eigenvalue weighted by atomic mass is 16.7. The van der Waals surface area contributed by atoms with E-state index in [1.54, 1.807) is 0 Å². The van der Waals surface area contributed by atoms with Gasteiger partial charge in [0.15, 0.2) is 11.6 Å². The van der Waals surface area contributed by atoms with E-state index >= 15 is 0 Å². The molecule has 3 N–H and O–H groups in total. The molecule has 11 heteroatoms. The van der Waals surface area contributed by atoms with Crippen molar-refractivity contribution >= 4 is 5.97 Å². The molecular formula is C44H74N4O7. The summed E-state index contributed by atoms with van der Waals surface area (Å²) in [6.07, 6.45) is 14.6. The van der Waals surface area contributed by atoms with Gasteiger partial charge in [0.25, 0.3) is 0 Å². The van der Waals surface area contributed by atoms with E-state index in [0.717, 1.165) is 76.7 Å². The number of carbonyl (C=O) groups excluding carboxylic acids is 1. The van der Waals surface area contributed by atoms with Crippen LogP contribution in [0.25, 0.3) is 10.4 Å². The van der Waals surface area contributed by atoms with E-state index in [2.05, 4.69) is 51.6 Å². The lowest BCUT2D eigenvalue weighted by Gasteiger charge is -2.57. The van der Waals surface area contributed by atoms with Crippen molar-refractivity contribution in [3.63, 3.8) is 0 Å². The van der Waals surface area contributed by atoms with E-state index in [1.165, 1.54) is 32.6 Å². The lowest BCUT2D eigenvalue weighted by molar-refractivity contribution is -0.252. The van der Waals surface area contributed by atoms with Gasteiger partial charge in [0.05, 0.1) is 32.5 Å². The van der Waals surface area contributed by atoms with Gasteiger partial charge in [-0.1, -0.05) is 59.5 Å². The predicted molar refractivity (Wildman–Crippen MR) is 210 cm³/mol.